The average Bonchev–Trinajstić information content (AvgIpc) is 2.67. The maximum Gasteiger partial charge on any atom is 0.358 e. The molecular weight excluding hydrogens is 328 g/mol. The number of Topliss-reactive ketones (excluding diaryl/α,β-unsaturated/α-hetero) is 1. The summed E-state index contributed by atoms with van der Waals surface area (Å²) >= 11 is 0. The number of nitrogens with zero attached hydrogens (tertiary/aromatic N) is 4. The number of methoxy groups -OCH3 is 2. The molecule has 1 atom stereocenters. The summed E-state index contributed by atoms with van der Waals surface area (Å²) in [7, 11) is 2.54. The minimum absolute atomic E-state index is 0. The van der Waals surface area contributed by atoms with E-state index in [0.29, 0.717) is 0 Å². The monoisotopic (exact) mass is 348 g/mol. The number of carbonyl (C=O) groups is 3. The Bertz CT molecular complexity index is 679. The molecule has 0 bridgehead atoms. The Morgan fingerprint density at radius 1 is 0.880 bits per heavy atom. The van der Waals surface area contributed by atoms with Gasteiger partial charge >= 0.3 is 11.9 Å². The van der Waals surface area contributed by atoms with Crippen LogP contribution in [0.25, 0.3) is 0 Å². The molecule has 2 aromatic heterocycles. The van der Waals surface area contributed by atoms with Crippen molar-refractivity contribution in [3.63, 3.8) is 0 Å². The summed E-state index contributed by atoms with van der Waals surface area (Å²) in [5.74, 6) is -2.25. The van der Waals surface area contributed by atoms with Crippen molar-refractivity contribution in [3.8, 4) is 0 Å². The van der Waals surface area contributed by atoms with Crippen molar-refractivity contribution in [2.24, 2.45) is 5.92 Å². The standard InChI is InChI=1S/C9H10N2O3.C6H6N2O2.CH4/c1-6(9(13)14-2)8(12)7-5-10-3-4-11-7;1-10-6(9)5-4-7-2-3-8-5;/h3-6H,1-2H3;2-4H,1H3;1H4. The van der Waals surface area contributed by atoms with Crippen molar-refractivity contribution < 1.29 is 23.9 Å². The number of carbonyl (C=O) groups excluding carboxylic acids is 3. The minimum Gasteiger partial charge on any atom is -0.468 e. The predicted molar refractivity (Wildman–Crippen MR) is 87.6 cm³/mol. The van der Waals surface area contributed by atoms with Gasteiger partial charge in [0.15, 0.2) is 11.5 Å². The third-order valence-corrected chi connectivity index (χ3v) is 2.72. The van der Waals surface area contributed by atoms with E-state index >= 15 is 0 Å². The molecule has 2 rings (SSSR count). The maximum atomic E-state index is 11.5. The lowest BCUT2D eigenvalue weighted by molar-refractivity contribution is -0.143. The van der Waals surface area contributed by atoms with Gasteiger partial charge in [-0.25, -0.2) is 14.8 Å². The number of hydrogen-bond donors (Lipinski definition) is 0. The first-order valence-electron chi connectivity index (χ1n) is 6.73. The normalized spacial score (nSPS) is 10.2. The number of hydrogen-bond acceptors (Lipinski definition) is 9. The molecule has 0 amide bonds. The molecule has 0 N–H and O–H groups in total. The van der Waals surface area contributed by atoms with Crippen LogP contribution in [0, 0.1) is 5.92 Å². The van der Waals surface area contributed by atoms with Gasteiger partial charge in [0.25, 0.3) is 0 Å². The topological polar surface area (TPSA) is 121 Å². The number of esters is 2. The van der Waals surface area contributed by atoms with Crippen LogP contribution in [-0.4, -0.2) is 51.9 Å². The maximum absolute atomic E-state index is 11.5. The Morgan fingerprint density at radius 3 is 1.80 bits per heavy atom. The van der Waals surface area contributed by atoms with Crippen molar-refractivity contribution in [2.45, 2.75) is 14.4 Å². The van der Waals surface area contributed by atoms with Crippen LogP contribution in [0.2, 0.25) is 0 Å². The number of ketones is 1. The molecule has 134 valence electrons. The van der Waals surface area contributed by atoms with Crippen LogP contribution in [0.5, 0.6) is 0 Å². The molecule has 1 unspecified atom stereocenters. The SMILES string of the molecule is C.COC(=O)C(C)C(=O)c1cnccn1.COC(=O)c1cnccn1. The summed E-state index contributed by atoms with van der Waals surface area (Å²) in [6.07, 6.45) is 8.46. The molecule has 9 nitrogen and oxygen atoms in total. The fraction of sp³-hybridized carbons (Fsp3) is 0.312. The van der Waals surface area contributed by atoms with Crippen LogP contribution in [0.1, 0.15) is 35.3 Å². The molecule has 2 heterocycles. The summed E-state index contributed by atoms with van der Waals surface area (Å²) in [4.78, 5) is 48.2. The van der Waals surface area contributed by atoms with Crippen molar-refractivity contribution in [1.29, 1.82) is 0 Å². The summed E-state index contributed by atoms with van der Waals surface area (Å²) in [5, 5.41) is 0. The largest absolute Gasteiger partial charge is 0.468 e. The highest BCUT2D eigenvalue weighted by Crippen LogP contribution is 2.06. The molecule has 0 fully saturated rings. The zero-order chi connectivity index (χ0) is 17.9. The quantitative estimate of drug-likeness (QED) is 0.458. The second-order valence-corrected chi connectivity index (χ2v) is 4.28. The van der Waals surface area contributed by atoms with E-state index in [0.717, 1.165) is 0 Å². The second kappa shape index (κ2) is 11.3. The van der Waals surface area contributed by atoms with Crippen molar-refractivity contribution in [2.75, 3.05) is 14.2 Å². The van der Waals surface area contributed by atoms with Crippen LogP contribution in [0.4, 0.5) is 0 Å². The Hall–Kier alpha value is -3.23. The van der Waals surface area contributed by atoms with Gasteiger partial charge in [-0.2, -0.15) is 0 Å². The Morgan fingerprint density at radius 2 is 1.40 bits per heavy atom. The van der Waals surface area contributed by atoms with Gasteiger partial charge in [0.2, 0.25) is 0 Å². The van der Waals surface area contributed by atoms with Crippen LogP contribution < -0.4 is 0 Å². The molecule has 2 aromatic rings. The number of aromatic nitrogens is 4. The second-order valence-electron chi connectivity index (χ2n) is 4.28. The molecule has 0 aliphatic heterocycles. The number of rotatable bonds is 4. The van der Waals surface area contributed by atoms with E-state index in [-0.39, 0.29) is 24.6 Å². The molecular formula is C16H20N4O5. The van der Waals surface area contributed by atoms with Gasteiger partial charge in [-0.3, -0.25) is 19.6 Å². The Labute approximate surface area is 145 Å². The number of ether oxygens (including phenoxy) is 2. The highest BCUT2D eigenvalue weighted by Gasteiger charge is 2.24. The lowest BCUT2D eigenvalue weighted by Crippen LogP contribution is -2.23. The van der Waals surface area contributed by atoms with Gasteiger partial charge in [-0.15, -0.1) is 0 Å². The van der Waals surface area contributed by atoms with E-state index in [1.165, 1.54) is 58.3 Å². The van der Waals surface area contributed by atoms with Crippen LogP contribution in [0.3, 0.4) is 0 Å². The van der Waals surface area contributed by atoms with E-state index in [1.807, 2.05) is 0 Å². The van der Waals surface area contributed by atoms with Gasteiger partial charge in [0, 0.05) is 24.8 Å². The van der Waals surface area contributed by atoms with Gasteiger partial charge < -0.3 is 9.47 Å². The van der Waals surface area contributed by atoms with Crippen LogP contribution >= 0.6 is 0 Å². The van der Waals surface area contributed by atoms with E-state index < -0.39 is 17.9 Å². The molecule has 0 radical (unpaired) electrons. The average molecular weight is 348 g/mol. The molecule has 0 spiro atoms. The zero-order valence-electron chi connectivity index (χ0n) is 13.4. The third kappa shape index (κ3) is 6.81. The van der Waals surface area contributed by atoms with Gasteiger partial charge in [-0.1, -0.05) is 7.43 Å². The first-order chi connectivity index (χ1) is 11.5. The molecule has 0 aliphatic carbocycles. The van der Waals surface area contributed by atoms with E-state index in [1.54, 1.807) is 0 Å². The lowest BCUT2D eigenvalue weighted by Gasteiger charge is -2.06. The highest BCUT2D eigenvalue weighted by molar-refractivity contribution is 6.07. The van der Waals surface area contributed by atoms with Gasteiger partial charge in [-0.05, 0) is 6.92 Å². The molecule has 25 heavy (non-hydrogen) atoms. The minimum atomic E-state index is -0.836. The van der Waals surface area contributed by atoms with Crippen molar-refractivity contribution >= 4 is 17.7 Å². The summed E-state index contributed by atoms with van der Waals surface area (Å²) in [5.41, 5.74) is 0.399. The highest BCUT2D eigenvalue weighted by atomic mass is 16.5. The third-order valence-electron chi connectivity index (χ3n) is 2.72. The molecule has 0 aliphatic rings. The first kappa shape index (κ1) is 21.8. The van der Waals surface area contributed by atoms with E-state index in [4.69, 9.17) is 0 Å². The van der Waals surface area contributed by atoms with Gasteiger partial charge in [0.1, 0.15) is 11.6 Å². The van der Waals surface area contributed by atoms with E-state index in [2.05, 4.69) is 29.4 Å². The van der Waals surface area contributed by atoms with Gasteiger partial charge in [0.05, 0.1) is 26.6 Å². The lowest BCUT2D eigenvalue weighted by atomic mass is 10.0. The van der Waals surface area contributed by atoms with Crippen LogP contribution in [-0.2, 0) is 14.3 Å². The smallest absolute Gasteiger partial charge is 0.358 e. The molecule has 0 saturated carbocycles. The van der Waals surface area contributed by atoms with Crippen molar-refractivity contribution in [3.05, 3.63) is 48.6 Å². The summed E-state index contributed by atoms with van der Waals surface area (Å²) < 4.78 is 8.84. The first-order valence-corrected chi connectivity index (χ1v) is 6.73. The molecule has 9 heteroatoms. The van der Waals surface area contributed by atoms with Crippen molar-refractivity contribution in [1.82, 2.24) is 19.9 Å². The molecule has 0 aromatic carbocycles. The van der Waals surface area contributed by atoms with E-state index in [9.17, 15) is 14.4 Å². The zero-order valence-corrected chi connectivity index (χ0v) is 13.4. The molecule has 0 saturated heterocycles. The van der Waals surface area contributed by atoms with Crippen LogP contribution in [0.15, 0.2) is 37.2 Å². The fourth-order valence-electron chi connectivity index (χ4n) is 1.44. The Balaban J connectivity index is 0.000000465. The summed E-state index contributed by atoms with van der Waals surface area (Å²) in [6.45, 7) is 1.48. The Kier molecular flexibility index (Phi) is 9.86. The fourth-order valence-corrected chi connectivity index (χ4v) is 1.44. The predicted octanol–water partition coefficient (Wildman–Crippen LogP) is 1.37. The summed E-state index contributed by atoms with van der Waals surface area (Å²) in [6, 6.07) is 0.